The van der Waals surface area contributed by atoms with E-state index in [1.807, 2.05) is 12.1 Å². The highest BCUT2D eigenvalue weighted by Crippen LogP contribution is 2.39. The molecular weight excluding hydrogens is 349 g/mol. The lowest BCUT2D eigenvalue weighted by atomic mass is 9.74. The van der Waals surface area contributed by atoms with E-state index in [0.29, 0.717) is 4.90 Å². The maximum absolute atomic E-state index is 11.5. The quantitative estimate of drug-likeness (QED) is 0.756. The van der Waals surface area contributed by atoms with Crippen LogP contribution in [0.4, 0.5) is 0 Å². The molecule has 2 aliphatic rings. The van der Waals surface area contributed by atoms with Crippen molar-refractivity contribution in [2.24, 2.45) is 0 Å². The minimum absolute atomic E-state index is 0.254. The molecule has 0 aliphatic carbocycles. The summed E-state index contributed by atoms with van der Waals surface area (Å²) < 4.78 is 35.4. The van der Waals surface area contributed by atoms with Crippen LogP contribution in [-0.4, -0.2) is 51.0 Å². The Labute approximate surface area is 157 Å². The van der Waals surface area contributed by atoms with Gasteiger partial charge in [-0.1, -0.05) is 18.2 Å². The molecule has 2 heterocycles. The fraction of sp³-hybridized carbons (Fsp3) is 0.579. The highest BCUT2D eigenvalue weighted by molar-refractivity contribution is 7.90. The Morgan fingerprint density at radius 3 is 2.12 bits per heavy atom. The second-order valence-corrected chi connectivity index (χ2v) is 10.3. The van der Waals surface area contributed by atoms with Gasteiger partial charge < -0.3 is 9.31 Å². The molecule has 5 nitrogen and oxygen atoms in total. The predicted molar refractivity (Wildman–Crippen MR) is 104 cm³/mol. The molecule has 0 saturated carbocycles. The molecule has 2 aliphatic heterocycles. The second-order valence-electron chi connectivity index (χ2n) is 8.27. The zero-order chi connectivity index (χ0) is 19.2. The van der Waals surface area contributed by atoms with Gasteiger partial charge in [0.25, 0.3) is 0 Å². The minimum atomic E-state index is -3.14. The van der Waals surface area contributed by atoms with Crippen LogP contribution in [0.1, 0.15) is 39.7 Å². The second kappa shape index (κ2) is 6.78. The Hall–Kier alpha value is -1.15. The Bertz CT molecular complexity index is 783. The van der Waals surface area contributed by atoms with Crippen LogP contribution in [0.5, 0.6) is 0 Å². The first kappa shape index (κ1) is 19.6. The van der Waals surface area contributed by atoms with Crippen LogP contribution in [0.2, 0.25) is 0 Å². The number of hydrogen-bond acceptors (Lipinski definition) is 5. The molecule has 1 aromatic carbocycles. The van der Waals surface area contributed by atoms with E-state index in [4.69, 9.17) is 9.31 Å². The van der Waals surface area contributed by atoms with Crippen molar-refractivity contribution in [3.63, 3.8) is 0 Å². The van der Waals surface area contributed by atoms with E-state index in [0.717, 1.165) is 31.6 Å². The monoisotopic (exact) mass is 377 g/mol. The first-order valence-corrected chi connectivity index (χ1v) is 10.9. The molecule has 0 aromatic heterocycles. The molecule has 26 heavy (non-hydrogen) atoms. The Morgan fingerprint density at radius 1 is 1.08 bits per heavy atom. The van der Waals surface area contributed by atoms with E-state index in [1.165, 1.54) is 11.7 Å². The Morgan fingerprint density at radius 2 is 1.65 bits per heavy atom. The van der Waals surface area contributed by atoms with Crippen LogP contribution in [0.25, 0.3) is 0 Å². The van der Waals surface area contributed by atoms with Crippen molar-refractivity contribution in [2.45, 2.75) is 56.8 Å². The van der Waals surface area contributed by atoms with Gasteiger partial charge in [0.2, 0.25) is 0 Å². The highest BCUT2D eigenvalue weighted by Gasteiger charge is 2.52. The normalized spacial score (nSPS) is 23.1. The molecule has 7 heteroatoms. The van der Waals surface area contributed by atoms with Crippen LogP contribution in [-0.2, 0) is 25.7 Å². The largest absolute Gasteiger partial charge is 0.490 e. The van der Waals surface area contributed by atoms with E-state index in [9.17, 15) is 8.42 Å². The van der Waals surface area contributed by atoms with Crippen molar-refractivity contribution in [1.29, 1.82) is 0 Å². The summed E-state index contributed by atoms with van der Waals surface area (Å²) in [6, 6.07) is 7.15. The maximum Gasteiger partial charge on any atom is 0.490 e. The summed E-state index contributed by atoms with van der Waals surface area (Å²) in [6.07, 6.45) is 4.35. The molecule has 142 valence electrons. The van der Waals surface area contributed by atoms with Gasteiger partial charge in [-0.05, 0) is 57.3 Å². The molecule has 1 fully saturated rings. The SMILES string of the molecule is CC1(C)OB(C2=CCN(Cc3ccc(S(C)(=O)=O)cc3)CC2)OC1(C)C. The van der Waals surface area contributed by atoms with E-state index in [1.54, 1.807) is 12.1 Å². The number of hydrogen-bond donors (Lipinski definition) is 0. The van der Waals surface area contributed by atoms with Gasteiger partial charge in [-0.2, -0.15) is 0 Å². The number of rotatable bonds is 4. The summed E-state index contributed by atoms with van der Waals surface area (Å²) in [4.78, 5) is 2.70. The standard InChI is InChI=1S/C19H28BNO4S/c1-18(2)19(3,4)25-20(24-18)16-10-12-21(13-11-16)14-15-6-8-17(9-7-15)26(5,22)23/h6-10H,11-14H2,1-5H3. The van der Waals surface area contributed by atoms with Crippen molar-refractivity contribution >= 4 is 17.0 Å². The molecule has 0 unspecified atom stereocenters. The van der Waals surface area contributed by atoms with Crippen LogP contribution in [0, 0.1) is 0 Å². The van der Waals surface area contributed by atoms with E-state index < -0.39 is 9.84 Å². The number of nitrogens with zero attached hydrogens (tertiary/aromatic N) is 1. The summed E-state index contributed by atoms with van der Waals surface area (Å²) in [5.41, 5.74) is 1.71. The van der Waals surface area contributed by atoms with E-state index in [2.05, 4.69) is 38.7 Å². The highest BCUT2D eigenvalue weighted by atomic mass is 32.2. The van der Waals surface area contributed by atoms with Crippen LogP contribution < -0.4 is 0 Å². The zero-order valence-electron chi connectivity index (χ0n) is 16.3. The summed E-state index contributed by atoms with van der Waals surface area (Å²) in [5, 5.41) is 0. The van der Waals surface area contributed by atoms with Gasteiger partial charge in [0, 0.05) is 25.9 Å². The van der Waals surface area contributed by atoms with E-state index >= 15 is 0 Å². The first-order valence-electron chi connectivity index (χ1n) is 9.04. The van der Waals surface area contributed by atoms with Gasteiger partial charge in [0.05, 0.1) is 16.1 Å². The van der Waals surface area contributed by atoms with E-state index in [-0.39, 0.29) is 18.3 Å². The topological polar surface area (TPSA) is 55.8 Å². The first-order chi connectivity index (χ1) is 12.0. The van der Waals surface area contributed by atoms with Crippen molar-refractivity contribution in [3.8, 4) is 0 Å². The molecule has 0 bridgehead atoms. The molecule has 0 spiro atoms. The Balaban J connectivity index is 1.60. The molecule has 0 N–H and O–H groups in total. The zero-order valence-corrected chi connectivity index (χ0v) is 17.1. The van der Waals surface area contributed by atoms with Crippen molar-refractivity contribution in [1.82, 2.24) is 4.90 Å². The van der Waals surface area contributed by atoms with Gasteiger partial charge in [-0.15, -0.1) is 0 Å². The van der Waals surface area contributed by atoms with Gasteiger partial charge in [0.15, 0.2) is 9.84 Å². The lowest BCUT2D eigenvalue weighted by molar-refractivity contribution is 0.00578. The maximum atomic E-state index is 11.5. The smallest absolute Gasteiger partial charge is 0.400 e. The average molecular weight is 377 g/mol. The number of benzene rings is 1. The van der Waals surface area contributed by atoms with Gasteiger partial charge in [-0.25, -0.2) is 8.42 Å². The van der Waals surface area contributed by atoms with Gasteiger partial charge in [-0.3, -0.25) is 4.90 Å². The summed E-state index contributed by atoms with van der Waals surface area (Å²) in [7, 11) is -3.39. The molecule has 3 rings (SSSR count). The third-order valence-corrected chi connectivity index (χ3v) is 6.77. The fourth-order valence-corrected chi connectivity index (χ4v) is 3.81. The summed E-state index contributed by atoms with van der Waals surface area (Å²) in [5.74, 6) is 0. The lowest BCUT2D eigenvalue weighted by Crippen LogP contribution is -2.41. The fourth-order valence-electron chi connectivity index (χ4n) is 3.18. The lowest BCUT2D eigenvalue weighted by Gasteiger charge is -2.32. The van der Waals surface area contributed by atoms with Crippen LogP contribution >= 0.6 is 0 Å². The summed E-state index contributed by atoms with van der Waals surface area (Å²) >= 11 is 0. The molecule has 1 saturated heterocycles. The van der Waals surface area contributed by atoms with Gasteiger partial charge >= 0.3 is 7.12 Å². The van der Waals surface area contributed by atoms with Crippen LogP contribution in [0.3, 0.4) is 0 Å². The molecular formula is C19H28BNO4S. The van der Waals surface area contributed by atoms with Crippen LogP contribution in [0.15, 0.2) is 40.7 Å². The molecule has 0 atom stereocenters. The minimum Gasteiger partial charge on any atom is -0.400 e. The van der Waals surface area contributed by atoms with Gasteiger partial charge in [0.1, 0.15) is 0 Å². The molecule has 0 amide bonds. The molecule has 1 aromatic rings. The van der Waals surface area contributed by atoms with Crippen molar-refractivity contribution in [3.05, 3.63) is 41.4 Å². The third kappa shape index (κ3) is 4.06. The third-order valence-electron chi connectivity index (χ3n) is 5.64. The van der Waals surface area contributed by atoms with Crippen molar-refractivity contribution < 1.29 is 17.7 Å². The molecule has 0 radical (unpaired) electrons. The summed E-state index contributed by atoms with van der Waals surface area (Å²) in [6.45, 7) is 10.9. The predicted octanol–water partition coefficient (Wildman–Crippen LogP) is 2.85. The Kier molecular flexibility index (Phi) is 5.12. The number of sulfone groups is 1. The average Bonchev–Trinajstić information content (AvgIpc) is 2.76. The van der Waals surface area contributed by atoms with Crippen molar-refractivity contribution in [2.75, 3.05) is 19.3 Å².